The van der Waals surface area contributed by atoms with Crippen LogP contribution in [0.4, 0.5) is 5.69 Å². The van der Waals surface area contributed by atoms with Gasteiger partial charge in [-0.25, -0.2) is 0 Å². The Morgan fingerprint density at radius 2 is 2.08 bits per heavy atom. The SMILES string of the molecule is Nc1cc(Br)cc2c1CCC2=O. The molecule has 0 fully saturated rings. The van der Waals surface area contributed by atoms with Crippen LogP contribution in [0.2, 0.25) is 0 Å². The summed E-state index contributed by atoms with van der Waals surface area (Å²) in [7, 11) is 0. The van der Waals surface area contributed by atoms with Crippen LogP contribution in [-0.2, 0) is 6.42 Å². The minimum Gasteiger partial charge on any atom is -0.398 e. The van der Waals surface area contributed by atoms with Gasteiger partial charge in [-0.1, -0.05) is 15.9 Å². The van der Waals surface area contributed by atoms with Crippen LogP contribution in [0.5, 0.6) is 0 Å². The number of fused-ring (bicyclic) bond motifs is 1. The zero-order chi connectivity index (χ0) is 8.72. The molecule has 2 N–H and O–H groups in total. The van der Waals surface area contributed by atoms with Crippen molar-refractivity contribution in [2.24, 2.45) is 0 Å². The van der Waals surface area contributed by atoms with Crippen LogP contribution >= 0.6 is 15.9 Å². The van der Waals surface area contributed by atoms with E-state index in [9.17, 15) is 4.79 Å². The molecule has 0 spiro atoms. The van der Waals surface area contributed by atoms with Crippen molar-refractivity contribution in [2.75, 3.05) is 5.73 Å². The molecule has 0 aromatic heterocycles. The molecule has 2 rings (SSSR count). The predicted octanol–water partition coefficient (Wildman–Crippen LogP) is 2.16. The molecule has 0 heterocycles. The van der Waals surface area contributed by atoms with Gasteiger partial charge in [-0.15, -0.1) is 0 Å². The van der Waals surface area contributed by atoms with E-state index in [0.717, 1.165) is 27.7 Å². The molecule has 1 aromatic rings. The van der Waals surface area contributed by atoms with Crippen LogP contribution in [0.3, 0.4) is 0 Å². The lowest BCUT2D eigenvalue weighted by molar-refractivity contribution is 0.0994. The molecule has 0 unspecified atom stereocenters. The Labute approximate surface area is 78.9 Å². The highest BCUT2D eigenvalue weighted by molar-refractivity contribution is 9.10. The van der Waals surface area contributed by atoms with E-state index in [1.165, 1.54) is 0 Å². The van der Waals surface area contributed by atoms with Gasteiger partial charge in [0, 0.05) is 22.1 Å². The summed E-state index contributed by atoms with van der Waals surface area (Å²) in [6.07, 6.45) is 1.41. The van der Waals surface area contributed by atoms with E-state index < -0.39 is 0 Å². The number of ketones is 1. The van der Waals surface area contributed by atoms with Gasteiger partial charge >= 0.3 is 0 Å². The van der Waals surface area contributed by atoms with Crippen molar-refractivity contribution in [3.63, 3.8) is 0 Å². The van der Waals surface area contributed by atoms with E-state index in [0.29, 0.717) is 6.42 Å². The minimum atomic E-state index is 0.206. The van der Waals surface area contributed by atoms with Crippen LogP contribution < -0.4 is 5.73 Å². The molecule has 0 saturated carbocycles. The van der Waals surface area contributed by atoms with Crippen LogP contribution in [0.1, 0.15) is 22.3 Å². The van der Waals surface area contributed by atoms with Gasteiger partial charge < -0.3 is 5.73 Å². The maximum absolute atomic E-state index is 11.3. The standard InChI is InChI=1S/C9H8BrNO/c10-5-3-7-6(8(11)4-5)1-2-9(7)12/h3-4H,1-2,11H2. The first-order valence-electron chi connectivity index (χ1n) is 3.79. The summed E-state index contributed by atoms with van der Waals surface area (Å²) in [6, 6.07) is 3.69. The summed E-state index contributed by atoms with van der Waals surface area (Å²) in [6.45, 7) is 0. The Balaban J connectivity index is 2.68. The number of halogens is 1. The average molecular weight is 226 g/mol. The Bertz CT molecular complexity index is 360. The fourth-order valence-corrected chi connectivity index (χ4v) is 2.03. The number of hydrogen-bond acceptors (Lipinski definition) is 2. The molecular formula is C9H8BrNO. The van der Waals surface area contributed by atoms with Gasteiger partial charge in [0.1, 0.15) is 0 Å². The largest absolute Gasteiger partial charge is 0.398 e. The van der Waals surface area contributed by atoms with E-state index in [1.54, 1.807) is 0 Å². The Morgan fingerprint density at radius 3 is 2.83 bits per heavy atom. The summed E-state index contributed by atoms with van der Waals surface area (Å²) in [5.74, 6) is 0.206. The van der Waals surface area contributed by atoms with Gasteiger partial charge in [0.15, 0.2) is 5.78 Å². The third kappa shape index (κ3) is 1.05. The van der Waals surface area contributed by atoms with Gasteiger partial charge in [-0.2, -0.15) is 0 Å². The van der Waals surface area contributed by atoms with Crippen molar-refractivity contribution in [1.82, 2.24) is 0 Å². The van der Waals surface area contributed by atoms with Gasteiger partial charge in [0.05, 0.1) is 0 Å². The molecular weight excluding hydrogens is 218 g/mol. The van der Waals surface area contributed by atoms with Crippen LogP contribution in [0.25, 0.3) is 0 Å². The maximum atomic E-state index is 11.3. The third-order valence-corrected chi connectivity index (χ3v) is 2.61. The number of carbonyl (C=O) groups excluding carboxylic acids is 1. The van der Waals surface area contributed by atoms with Crippen LogP contribution in [-0.4, -0.2) is 5.78 Å². The number of carbonyl (C=O) groups is 1. The zero-order valence-corrected chi connectivity index (χ0v) is 8.02. The lowest BCUT2D eigenvalue weighted by Gasteiger charge is -2.02. The number of rotatable bonds is 0. The predicted molar refractivity (Wildman–Crippen MR) is 51.2 cm³/mol. The van der Waals surface area contributed by atoms with Crippen LogP contribution in [0, 0.1) is 0 Å². The second-order valence-corrected chi connectivity index (χ2v) is 3.86. The molecule has 0 bridgehead atoms. The second-order valence-electron chi connectivity index (χ2n) is 2.94. The van der Waals surface area contributed by atoms with Crippen molar-refractivity contribution < 1.29 is 4.79 Å². The zero-order valence-electron chi connectivity index (χ0n) is 6.43. The Hall–Kier alpha value is -0.830. The Kier molecular flexibility index (Phi) is 1.68. The highest BCUT2D eigenvalue weighted by Crippen LogP contribution is 2.30. The van der Waals surface area contributed by atoms with E-state index in [4.69, 9.17) is 5.73 Å². The van der Waals surface area contributed by atoms with E-state index in [-0.39, 0.29) is 5.78 Å². The first-order valence-corrected chi connectivity index (χ1v) is 4.59. The quantitative estimate of drug-likeness (QED) is 0.689. The first kappa shape index (κ1) is 7.80. The van der Waals surface area contributed by atoms with Gasteiger partial charge in [-0.3, -0.25) is 4.79 Å². The molecule has 0 aliphatic heterocycles. The monoisotopic (exact) mass is 225 g/mol. The number of hydrogen-bond donors (Lipinski definition) is 1. The molecule has 12 heavy (non-hydrogen) atoms. The molecule has 0 saturated heterocycles. The van der Waals surface area contributed by atoms with Crippen molar-refractivity contribution >= 4 is 27.4 Å². The van der Waals surface area contributed by atoms with Crippen molar-refractivity contribution in [3.05, 3.63) is 27.7 Å². The topological polar surface area (TPSA) is 43.1 Å². The number of anilines is 1. The molecule has 62 valence electrons. The van der Waals surface area contributed by atoms with Gasteiger partial charge in [-0.05, 0) is 24.1 Å². The summed E-state index contributed by atoms with van der Waals surface area (Å²) in [5, 5.41) is 0. The number of nitrogen functional groups attached to an aromatic ring is 1. The molecule has 0 atom stereocenters. The summed E-state index contributed by atoms with van der Waals surface area (Å²) >= 11 is 3.31. The van der Waals surface area contributed by atoms with E-state index >= 15 is 0 Å². The highest BCUT2D eigenvalue weighted by atomic mass is 79.9. The van der Waals surface area contributed by atoms with Crippen LogP contribution in [0.15, 0.2) is 16.6 Å². The average Bonchev–Trinajstić information content (AvgIpc) is 2.33. The summed E-state index contributed by atoms with van der Waals surface area (Å²) in [4.78, 5) is 11.3. The summed E-state index contributed by atoms with van der Waals surface area (Å²) < 4.78 is 0.883. The second kappa shape index (κ2) is 2.59. The smallest absolute Gasteiger partial charge is 0.163 e. The highest BCUT2D eigenvalue weighted by Gasteiger charge is 2.21. The number of nitrogens with two attached hydrogens (primary N) is 1. The van der Waals surface area contributed by atoms with Crippen molar-refractivity contribution in [2.45, 2.75) is 12.8 Å². The molecule has 1 aliphatic rings. The summed E-state index contributed by atoms with van der Waals surface area (Å²) in [5.41, 5.74) is 8.29. The lowest BCUT2D eigenvalue weighted by Crippen LogP contribution is -1.95. The van der Waals surface area contributed by atoms with E-state index in [2.05, 4.69) is 15.9 Å². The number of Topliss-reactive ketones (excluding diaryl/α,β-unsaturated/α-hetero) is 1. The molecule has 3 heteroatoms. The van der Waals surface area contributed by atoms with E-state index in [1.807, 2.05) is 12.1 Å². The van der Waals surface area contributed by atoms with Gasteiger partial charge in [0.25, 0.3) is 0 Å². The molecule has 1 aromatic carbocycles. The lowest BCUT2D eigenvalue weighted by atomic mass is 10.1. The maximum Gasteiger partial charge on any atom is 0.163 e. The molecule has 1 aliphatic carbocycles. The van der Waals surface area contributed by atoms with Crippen molar-refractivity contribution in [3.8, 4) is 0 Å². The first-order chi connectivity index (χ1) is 5.68. The van der Waals surface area contributed by atoms with Crippen molar-refractivity contribution in [1.29, 1.82) is 0 Å². The van der Waals surface area contributed by atoms with Gasteiger partial charge in [0.2, 0.25) is 0 Å². The third-order valence-electron chi connectivity index (χ3n) is 2.15. The number of benzene rings is 1. The normalized spacial score (nSPS) is 14.9. The fraction of sp³-hybridized carbons (Fsp3) is 0.222. The molecule has 0 radical (unpaired) electrons. The minimum absolute atomic E-state index is 0.206. The Morgan fingerprint density at radius 1 is 1.33 bits per heavy atom. The fourth-order valence-electron chi connectivity index (χ4n) is 1.56. The molecule has 2 nitrogen and oxygen atoms in total. The molecule has 0 amide bonds.